The van der Waals surface area contributed by atoms with E-state index in [2.05, 4.69) is 50.4 Å². The van der Waals surface area contributed by atoms with Gasteiger partial charge in [0.25, 0.3) is 0 Å². The van der Waals surface area contributed by atoms with Gasteiger partial charge in [-0.3, -0.25) is 0 Å². The molecule has 0 N–H and O–H groups in total. The Bertz CT molecular complexity index is 533. The summed E-state index contributed by atoms with van der Waals surface area (Å²) >= 11 is 0. The predicted molar refractivity (Wildman–Crippen MR) is 68.9 cm³/mol. The molecule has 15 heavy (non-hydrogen) atoms. The first-order valence-electron chi connectivity index (χ1n) is 5.05. The average molecular weight is 194 g/mol. The molecule has 0 aromatic heterocycles. The molecule has 0 nitrogen and oxygen atoms in total. The third-order valence-electron chi connectivity index (χ3n) is 2.81. The fourth-order valence-corrected chi connectivity index (χ4v) is 2.01. The molecule has 0 heteroatoms. The molecule has 0 amide bonds. The van der Waals surface area contributed by atoms with Gasteiger partial charge in [0.2, 0.25) is 0 Å². The summed E-state index contributed by atoms with van der Waals surface area (Å²) in [4.78, 5) is 0. The third kappa shape index (κ3) is 1.48. The molecule has 0 aliphatic rings. The molecule has 0 unspecified atom stereocenters. The number of benzene rings is 2. The van der Waals surface area contributed by atoms with Gasteiger partial charge in [-0.15, -0.1) is 0 Å². The molecule has 0 aliphatic heterocycles. The van der Waals surface area contributed by atoms with Gasteiger partial charge in [0.15, 0.2) is 0 Å². The Morgan fingerprint density at radius 2 is 1.80 bits per heavy atom. The van der Waals surface area contributed by atoms with E-state index in [9.17, 15) is 0 Å². The fraction of sp³-hybridized carbons (Fsp3) is 0.0667. The Morgan fingerprint density at radius 1 is 1.07 bits per heavy atom. The van der Waals surface area contributed by atoms with E-state index in [0.717, 1.165) is 5.56 Å². The van der Waals surface area contributed by atoms with Crippen LogP contribution in [0.3, 0.4) is 0 Å². The molecule has 0 atom stereocenters. The molecule has 0 saturated heterocycles. The molecule has 0 fully saturated rings. The van der Waals surface area contributed by atoms with Gasteiger partial charge in [-0.05, 0) is 40.5 Å². The summed E-state index contributed by atoms with van der Waals surface area (Å²) in [6.45, 7) is 9.83. The van der Waals surface area contributed by atoms with Crippen molar-refractivity contribution in [1.82, 2.24) is 0 Å². The summed E-state index contributed by atoms with van der Waals surface area (Å²) < 4.78 is 0. The van der Waals surface area contributed by atoms with Crippen molar-refractivity contribution in [2.75, 3.05) is 0 Å². The molecule has 2 aromatic carbocycles. The van der Waals surface area contributed by atoms with Crippen LogP contribution in [0.25, 0.3) is 22.9 Å². The first-order valence-corrected chi connectivity index (χ1v) is 5.05. The molecule has 74 valence electrons. The van der Waals surface area contributed by atoms with Gasteiger partial charge < -0.3 is 0 Å². The summed E-state index contributed by atoms with van der Waals surface area (Å²) in [6.07, 6.45) is 3.79. The molecule has 0 spiro atoms. The minimum atomic E-state index is 1.15. The first-order chi connectivity index (χ1) is 7.27. The van der Waals surface area contributed by atoms with Gasteiger partial charge in [0.1, 0.15) is 0 Å². The highest BCUT2D eigenvalue weighted by molar-refractivity contribution is 5.91. The van der Waals surface area contributed by atoms with Crippen LogP contribution in [0.4, 0.5) is 0 Å². The van der Waals surface area contributed by atoms with Crippen LogP contribution >= 0.6 is 0 Å². The van der Waals surface area contributed by atoms with Crippen LogP contribution in [0, 0.1) is 6.92 Å². The lowest BCUT2D eigenvalue weighted by Gasteiger charge is -2.09. The van der Waals surface area contributed by atoms with E-state index in [1.807, 2.05) is 12.2 Å². The maximum absolute atomic E-state index is 3.86. The molecule has 2 rings (SSSR count). The van der Waals surface area contributed by atoms with Crippen molar-refractivity contribution in [2.45, 2.75) is 6.92 Å². The molecule has 2 aromatic rings. The van der Waals surface area contributed by atoms with Crippen molar-refractivity contribution >= 4 is 22.9 Å². The number of fused-ring (bicyclic) bond motifs is 1. The van der Waals surface area contributed by atoms with Crippen LogP contribution in [0.1, 0.15) is 16.7 Å². The topological polar surface area (TPSA) is 0 Å². The number of hydrogen-bond acceptors (Lipinski definition) is 0. The maximum atomic E-state index is 3.86. The van der Waals surface area contributed by atoms with Crippen molar-refractivity contribution in [2.24, 2.45) is 0 Å². The van der Waals surface area contributed by atoms with Gasteiger partial charge in [-0.25, -0.2) is 0 Å². The molecule has 0 bridgehead atoms. The SMILES string of the molecule is C=Cc1cc2ccccc2c(C)c1C=C. The first kappa shape index (κ1) is 9.72. The molecule has 0 saturated carbocycles. The van der Waals surface area contributed by atoms with Crippen molar-refractivity contribution in [3.8, 4) is 0 Å². The van der Waals surface area contributed by atoms with Crippen LogP contribution in [-0.4, -0.2) is 0 Å². The van der Waals surface area contributed by atoms with Crippen LogP contribution < -0.4 is 0 Å². The normalized spacial score (nSPS) is 10.2. The van der Waals surface area contributed by atoms with Gasteiger partial charge in [-0.1, -0.05) is 49.6 Å². The molecule has 0 aliphatic carbocycles. The molecule has 0 radical (unpaired) electrons. The van der Waals surface area contributed by atoms with E-state index in [1.165, 1.54) is 21.9 Å². The Labute approximate surface area is 90.6 Å². The van der Waals surface area contributed by atoms with E-state index in [0.29, 0.717) is 0 Å². The predicted octanol–water partition coefficient (Wildman–Crippen LogP) is 4.43. The highest BCUT2D eigenvalue weighted by Crippen LogP contribution is 2.26. The van der Waals surface area contributed by atoms with E-state index in [4.69, 9.17) is 0 Å². The second-order valence-electron chi connectivity index (χ2n) is 3.63. The maximum Gasteiger partial charge on any atom is -0.0148 e. The Hall–Kier alpha value is -1.82. The highest BCUT2D eigenvalue weighted by Gasteiger charge is 2.04. The summed E-state index contributed by atoms with van der Waals surface area (Å²) in [5.74, 6) is 0. The molecule has 0 heterocycles. The van der Waals surface area contributed by atoms with E-state index >= 15 is 0 Å². The van der Waals surface area contributed by atoms with Gasteiger partial charge in [0.05, 0.1) is 0 Å². The Morgan fingerprint density at radius 3 is 2.47 bits per heavy atom. The smallest absolute Gasteiger partial charge is 0.0148 e. The van der Waals surface area contributed by atoms with Crippen LogP contribution in [0.5, 0.6) is 0 Å². The second-order valence-corrected chi connectivity index (χ2v) is 3.63. The van der Waals surface area contributed by atoms with E-state index < -0.39 is 0 Å². The largest absolute Gasteiger partial charge is 0.0984 e. The van der Waals surface area contributed by atoms with Gasteiger partial charge in [0, 0.05) is 0 Å². The van der Waals surface area contributed by atoms with Gasteiger partial charge in [-0.2, -0.15) is 0 Å². The van der Waals surface area contributed by atoms with E-state index in [-0.39, 0.29) is 0 Å². The second kappa shape index (κ2) is 3.74. The van der Waals surface area contributed by atoms with Gasteiger partial charge >= 0.3 is 0 Å². The van der Waals surface area contributed by atoms with Crippen molar-refractivity contribution in [3.05, 3.63) is 60.2 Å². The minimum Gasteiger partial charge on any atom is -0.0984 e. The lowest BCUT2D eigenvalue weighted by atomic mass is 9.95. The average Bonchev–Trinajstić information content (AvgIpc) is 2.29. The summed E-state index contributed by atoms with van der Waals surface area (Å²) in [7, 11) is 0. The number of aryl methyl sites for hydroxylation is 1. The standard InChI is InChI=1S/C15H14/c1-4-12-10-13-8-6-7-9-15(13)11(3)14(12)5-2/h4-10H,1-2H2,3H3. The summed E-state index contributed by atoms with van der Waals surface area (Å²) in [6, 6.07) is 10.6. The lowest BCUT2D eigenvalue weighted by Crippen LogP contribution is -1.88. The fourth-order valence-electron chi connectivity index (χ4n) is 2.01. The van der Waals surface area contributed by atoms with Crippen molar-refractivity contribution < 1.29 is 0 Å². The monoisotopic (exact) mass is 194 g/mol. The zero-order valence-electron chi connectivity index (χ0n) is 8.96. The number of rotatable bonds is 2. The van der Waals surface area contributed by atoms with Crippen molar-refractivity contribution in [1.29, 1.82) is 0 Å². The van der Waals surface area contributed by atoms with Crippen LogP contribution in [0.15, 0.2) is 43.5 Å². The third-order valence-corrected chi connectivity index (χ3v) is 2.81. The van der Waals surface area contributed by atoms with Crippen LogP contribution in [0.2, 0.25) is 0 Å². The highest BCUT2D eigenvalue weighted by atomic mass is 14.1. The number of hydrogen-bond donors (Lipinski definition) is 0. The van der Waals surface area contributed by atoms with E-state index in [1.54, 1.807) is 0 Å². The summed E-state index contributed by atoms with van der Waals surface area (Å²) in [5, 5.41) is 2.55. The Kier molecular flexibility index (Phi) is 2.42. The quantitative estimate of drug-likeness (QED) is 0.663. The Balaban J connectivity index is 2.93. The summed E-state index contributed by atoms with van der Waals surface area (Å²) in [5.41, 5.74) is 3.61. The molecular weight excluding hydrogens is 180 g/mol. The lowest BCUT2D eigenvalue weighted by molar-refractivity contribution is 1.48. The van der Waals surface area contributed by atoms with Crippen molar-refractivity contribution in [3.63, 3.8) is 0 Å². The minimum absolute atomic E-state index is 1.15. The zero-order chi connectivity index (χ0) is 10.8. The molecular formula is C15H14. The van der Waals surface area contributed by atoms with Crippen LogP contribution in [-0.2, 0) is 0 Å². The zero-order valence-corrected chi connectivity index (χ0v) is 8.96.